The van der Waals surface area contributed by atoms with Crippen LogP contribution < -0.4 is 5.32 Å². The molecule has 18 heavy (non-hydrogen) atoms. The minimum Gasteiger partial charge on any atom is -0.481 e. The van der Waals surface area contributed by atoms with Gasteiger partial charge in [-0.25, -0.2) is 0 Å². The molecule has 4 nitrogen and oxygen atoms in total. The van der Waals surface area contributed by atoms with Gasteiger partial charge in [-0.3, -0.25) is 4.79 Å². The van der Waals surface area contributed by atoms with Crippen molar-refractivity contribution < 1.29 is 9.90 Å². The van der Waals surface area contributed by atoms with Gasteiger partial charge < -0.3 is 10.4 Å². The maximum absolute atomic E-state index is 11.1. The Bertz CT molecular complexity index is 510. The average molecular weight is 309 g/mol. The van der Waals surface area contributed by atoms with Crippen LogP contribution in [0.5, 0.6) is 0 Å². The molecule has 1 aliphatic rings. The van der Waals surface area contributed by atoms with Gasteiger partial charge in [0.1, 0.15) is 6.07 Å². The normalized spacial score (nSPS) is 22.4. The van der Waals surface area contributed by atoms with E-state index in [2.05, 4.69) is 27.3 Å². The molecule has 2 rings (SSSR count). The molecule has 0 heterocycles. The summed E-state index contributed by atoms with van der Waals surface area (Å²) < 4.78 is 0.869. The number of hydrogen-bond acceptors (Lipinski definition) is 3. The Kier molecular flexibility index (Phi) is 3.87. The minimum atomic E-state index is -0.765. The first-order chi connectivity index (χ1) is 8.61. The van der Waals surface area contributed by atoms with Crippen LogP contribution in [0, 0.1) is 17.2 Å². The van der Waals surface area contributed by atoms with Crippen LogP contribution in [0.4, 0.5) is 5.69 Å². The van der Waals surface area contributed by atoms with Crippen molar-refractivity contribution in [2.45, 2.75) is 25.3 Å². The van der Waals surface area contributed by atoms with E-state index < -0.39 is 5.97 Å². The highest BCUT2D eigenvalue weighted by molar-refractivity contribution is 9.10. The fraction of sp³-hybridized carbons (Fsp3) is 0.385. The molecule has 0 spiro atoms. The Labute approximate surface area is 114 Å². The first-order valence-electron chi connectivity index (χ1n) is 5.81. The molecule has 0 aromatic heterocycles. The van der Waals surface area contributed by atoms with E-state index in [1.165, 1.54) is 0 Å². The molecule has 0 amide bonds. The van der Waals surface area contributed by atoms with Crippen LogP contribution in [0.3, 0.4) is 0 Å². The van der Waals surface area contributed by atoms with Gasteiger partial charge in [-0.05, 0) is 31.0 Å². The predicted octanol–water partition coefficient (Wildman–Crippen LogP) is 2.99. The van der Waals surface area contributed by atoms with Crippen LogP contribution in [0.2, 0.25) is 0 Å². The zero-order valence-corrected chi connectivity index (χ0v) is 11.3. The number of rotatable bonds is 3. The highest BCUT2D eigenvalue weighted by Gasteiger charge is 2.33. The molecular formula is C13H13BrN2O2. The molecular weight excluding hydrogens is 296 g/mol. The van der Waals surface area contributed by atoms with Crippen molar-refractivity contribution >= 4 is 27.6 Å². The zero-order chi connectivity index (χ0) is 13.1. The molecule has 2 atom stereocenters. The number of aliphatic carboxylic acids is 1. The third-order valence-corrected chi connectivity index (χ3v) is 3.77. The van der Waals surface area contributed by atoms with E-state index in [9.17, 15) is 4.79 Å². The van der Waals surface area contributed by atoms with E-state index in [0.29, 0.717) is 17.7 Å². The number of nitrogens with one attached hydrogen (secondary N) is 1. The molecule has 1 aromatic carbocycles. The highest BCUT2D eigenvalue weighted by Crippen LogP contribution is 2.30. The first-order valence-corrected chi connectivity index (χ1v) is 6.60. The smallest absolute Gasteiger partial charge is 0.308 e. The Balaban J connectivity index is 2.21. The summed E-state index contributed by atoms with van der Waals surface area (Å²) in [6.45, 7) is 0. The van der Waals surface area contributed by atoms with E-state index >= 15 is 0 Å². The van der Waals surface area contributed by atoms with Crippen molar-refractivity contribution in [1.82, 2.24) is 0 Å². The van der Waals surface area contributed by atoms with Gasteiger partial charge in [0.15, 0.2) is 0 Å². The minimum absolute atomic E-state index is 0.0936. The molecule has 0 aliphatic heterocycles. The second-order valence-electron chi connectivity index (χ2n) is 4.43. The van der Waals surface area contributed by atoms with Crippen LogP contribution >= 0.6 is 15.9 Å². The summed E-state index contributed by atoms with van der Waals surface area (Å²) in [5.74, 6) is -1.13. The van der Waals surface area contributed by atoms with E-state index in [4.69, 9.17) is 10.4 Å². The molecule has 5 heteroatoms. The Morgan fingerprint density at radius 1 is 1.50 bits per heavy atom. The molecule has 1 aromatic rings. The molecule has 2 N–H and O–H groups in total. The number of halogens is 1. The molecule has 2 unspecified atom stereocenters. The van der Waals surface area contributed by atoms with Crippen LogP contribution in [0.25, 0.3) is 0 Å². The third kappa shape index (κ3) is 2.65. The topological polar surface area (TPSA) is 73.1 Å². The van der Waals surface area contributed by atoms with Crippen LogP contribution in [-0.2, 0) is 4.79 Å². The Morgan fingerprint density at radius 3 is 2.94 bits per heavy atom. The van der Waals surface area contributed by atoms with Gasteiger partial charge in [0, 0.05) is 10.5 Å². The summed E-state index contributed by atoms with van der Waals surface area (Å²) in [7, 11) is 0. The molecule has 94 valence electrons. The molecule has 1 saturated carbocycles. The SMILES string of the molecule is N#Cc1ccc(Br)cc1NC1CCCC1C(=O)O. The summed E-state index contributed by atoms with van der Waals surface area (Å²) in [4.78, 5) is 11.1. The number of hydrogen-bond donors (Lipinski definition) is 2. The first kappa shape index (κ1) is 12.9. The number of benzene rings is 1. The fourth-order valence-electron chi connectivity index (χ4n) is 2.36. The summed E-state index contributed by atoms with van der Waals surface area (Å²) >= 11 is 3.35. The molecule has 0 radical (unpaired) electrons. The lowest BCUT2D eigenvalue weighted by Crippen LogP contribution is -2.30. The van der Waals surface area contributed by atoms with Crippen LogP contribution in [0.15, 0.2) is 22.7 Å². The number of nitrogens with zero attached hydrogens (tertiary/aromatic N) is 1. The van der Waals surface area contributed by atoms with Crippen molar-refractivity contribution in [3.05, 3.63) is 28.2 Å². The van der Waals surface area contributed by atoms with Crippen molar-refractivity contribution in [1.29, 1.82) is 5.26 Å². The fourth-order valence-corrected chi connectivity index (χ4v) is 2.72. The molecule has 1 fully saturated rings. The van der Waals surface area contributed by atoms with Crippen molar-refractivity contribution in [2.75, 3.05) is 5.32 Å². The second kappa shape index (κ2) is 5.40. The number of carbonyl (C=O) groups is 1. The van der Waals surface area contributed by atoms with Gasteiger partial charge in [-0.1, -0.05) is 22.4 Å². The van der Waals surface area contributed by atoms with E-state index in [1.807, 2.05) is 6.07 Å². The maximum atomic E-state index is 11.1. The molecule has 0 bridgehead atoms. The molecule has 0 saturated heterocycles. The Hall–Kier alpha value is -1.54. The van der Waals surface area contributed by atoms with Gasteiger partial charge in [-0.2, -0.15) is 5.26 Å². The quantitative estimate of drug-likeness (QED) is 0.900. The predicted molar refractivity (Wildman–Crippen MR) is 71.2 cm³/mol. The monoisotopic (exact) mass is 308 g/mol. The lowest BCUT2D eigenvalue weighted by molar-refractivity contribution is -0.141. The number of carboxylic acids is 1. The van der Waals surface area contributed by atoms with Crippen LogP contribution in [-0.4, -0.2) is 17.1 Å². The largest absolute Gasteiger partial charge is 0.481 e. The zero-order valence-electron chi connectivity index (χ0n) is 9.69. The molecule has 1 aliphatic carbocycles. The third-order valence-electron chi connectivity index (χ3n) is 3.28. The lowest BCUT2D eigenvalue weighted by Gasteiger charge is -2.19. The van der Waals surface area contributed by atoms with Crippen LogP contribution in [0.1, 0.15) is 24.8 Å². The standard InChI is InChI=1S/C13H13BrN2O2/c14-9-5-4-8(7-15)12(6-9)16-11-3-1-2-10(11)13(17)18/h4-6,10-11,16H,1-3H2,(H,17,18). The Morgan fingerprint density at radius 2 is 2.28 bits per heavy atom. The number of anilines is 1. The van der Waals surface area contributed by atoms with E-state index in [0.717, 1.165) is 17.3 Å². The number of nitriles is 1. The summed E-state index contributed by atoms with van der Waals surface area (Å²) in [5, 5.41) is 21.4. The maximum Gasteiger partial charge on any atom is 0.308 e. The van der Waals surface area contributed by atoms with Crippen molar-refractivity contribution in [3.63, 3.8) is 0 Å². The van der Waals surface area contributed by atoms with Gasteiger partial charge in [-0.15, -0.1) is 0 Å². The summed E-state index contributed by atoms with van der Waals surface area (Å²) in [6.07, 6.45) is 2.43. The van der Waals surface area contributed by atoms with Gasteiger partial charge >= 0.3 is 5.97 Å². The van der Waals surface area contributed by atoms with Gasteiger partial charge in [0.2, 0.25) is 0 Å². The van der Waals surface area contributed by atoms with E-state index in [-0.39, 0.29) is 12.0 Å². The van der Waals surface area contributed by atoms with E-state index in [1.54, 1.807) is 12.1 Å². The average Bonchev–Trinajstić information content (AvgIpc) is 2.77. The van der Waals surface area contributed by atoms with Gasteiger partial charge in [0.25, 0.3) is 0 Å². The van der Waals surface area contributed by atoms with Crippen molar-refractivity contribution in [3.8, 4) is 6.07 Å². The second-order valence-corrected chi connectivity index (χ2v) is 5.34. The highest BCUT2D eigenvalue weighted by atomic mass is 79.9. The van der Waals surface area contributed by atoms with Crippen molar-refractivity contribution in [2.24, 2.45) is 5.92 Å². The number of carboxylic acid groups (broad SMARTS) is 1. The summed E-state index contributed by atoms with van der Waals surface area (Å²) in [5.41, 5.74) is 1.24. The lowest BCUT2D eigenvalue weighted by atomic mass is 10.0. The summed E-state index contributed by atoms with van der Waals surface area (Å²) in [6, 6.07) is 7.35. The van der Waals surface area contributed by atoms with Gasteiger partial charge in [0.05, 0.1) is 17.2 Å².